The van der Waals surface area contributed by atoms with Gasteiger partial charge in [0.1, 0.15) is 0 Å². The molecule has 0 saturated carbocycles. The zero-order chi connectivity index (χ0) is 18.2. The highest BCUT2D eigenvalue weighted by molar-refractivity contribution is 8.13. The summed E-state index contributed by atoms with van der Waals surface area (Å²) in [6, 6.07) is 0. The second kappa shape index (κ2) is 9.38. The number of carboxylic acid groups (broad SMARTS) is 1. The second-order valence-corrected chi connectivity index (χ2v) is 5.64. The number of alkyl halides is 3. The minimum atomic E-state index is -4.75. The van der Waals surface area contributed by atoms with Crippen LogP contribution >= 0.6 is 11.8 Å². The number of halogens is 3. The van der Waals surface area contributed by atoms with Gasteiger partial charge in [0.25, 0.3) is 0 Å². The van der Waals surface area contributed by atoms with Gasteiger partial charge in [-0.15, -0.1) is 0 Å². The number of esters is 2. The van der Waals surface area contributed by atoms with Gasteiger partial charge in [0.15, 0.2) is 11.7 Å². The summed E-state index contributed by atoms with van der Waals surface area (Å²) < 4.78 is 44.0. The molecule has 0 fully saturated rings. The number of carbonyl (C=O) groups is 4. The molecule has 1 N–H and O–H groups in total. The Kier molecular flexibility index (Phi) is 8.65. The van der Waals surface area contributed by atoms with E-state index in [0.29, 0.717) is 0 Å². The Morgan fingerprint density at radius 3 is 2.22 bits per heavy atom. The molecular weight excluding hydrogens is 345 g/mol. The first-order valence-corrected chi connectivity index (χ1v) is 7.20. The lowest BCUT2D eigenvalue weighted by Crippen LogP contribution is -2.33. The molecule has 0 aliphatic rings. The fourth-order valence-corrected chi connectivity index (χ4v) is 1.74. The number of carboxylic acids is 1. The fraction of sp³-hybridized carbons (Fsp3) is 0.667. The van der Waals surface area contributed by atoms with E-state index in [2.05, 4.69) is 9.47 Å². The molecule has 0 heterocycles. The molecule has 1 unspecified atom stereocenters. The highest BCUT2D eigenvalue weighted by Crippen LogP contribution is 2.16. The predicted molar refractivity (Wildman–Crippen MR) is 71.4 cm³/mol. The molecule has 0 saturated heterocycles. The predicted octanol–water partition coefficient (Wildman–Crippen LogP) is 1.39. The molecule has 23 heavy (non-hydrogen) atoms. The topological polar surface area (TPSA) is 107 Å². The molecular formula is C12H15F3O7S. The molecule has 2 atom stereocenters. The molecule has 0 aliphatic carbocycles. The second-order valence-electron chi connectivity index (χ2n) is 4.45. The molecule has 7 nitrogen and oxygen atoms in total. The van der Waals surface area contributed by atoms with Crippen LogP contribution in [0.15, 0.2) is 0 Å². The number of carbonyl (C=O) groups excluding carboxylic acids is 3. The highest BCUT2D eigenvalue weighted by atomic mass is 32.2. The Morgan fingerprint density at radius 2 is 1.78 bits per heavy atom. The Balaban J connectivity index is 4.51. The molecule has 0 aromatic heterocycles. The molecule has 11 heteroatoms. The van der Waals surface area contributed by atoms with Gasteiger partial charge in [-0.2, -0.15) is 13.2 Å². The Labute approximate surface area is 133 Å². The summed E-state index contributed by atoms with van der Waals surface area (Å²) in [5.41, 5.74) is 0. The van der Waals surface area contributed by atoms with Crippen LogP contribution in [-0.4, -0.2) is 52.8 Å². The summed E-state index contributed by atoms with van der Waals surface area (Å²) in [4.78, 5) is 44.4. The monoisotopic (exact) mass is 360 g/mol. The van der Waals surface area contributed by atoms with Crippen LogP contribution in [0, 0.1) is 5.92 Å². The molecule has 0 bridgehead atoms. The lowest BCUT2D eigenvalue weighted by Gasteiger charge is -2.16. The van der Waals surface area contributed by atoms with Crippen molar-refractivity contribution in [3.63, 3.8) is 0 Å². The van der Waals surface area contributed by atoms with Crippen LogP contribution in [0.4, 0.5) is 13.2 Å². The van der Waals surface area contributed by atoms with Gasteiger partial charge in [0.2, 0.25) is 6.10 Å². The Bertz CT molecular complexity index is 464. The molecule has 0 aliphatic heterocycles. The van der Waals surface area contributed by atoms with Crippen molar-refractivity contribution < 1.29 is 46.9 Å². The van der Waals surface area contributed by atoms with Crippen molar-refractivity contribution in [3.05, 3.63) is 0 Å². The molecule has 0 spiro atoms. The Hall–Kier alpha value is -1.78. The standard InChI is InChI=1S/C12H15F3O7S/c1-6(4-23-7(2)16)11(20)22-8(10(18)19)3-9(17)21-5-12(13,14)15/h6,8H,3-5H2,1-2H3,(H,18,19)/t6-,8?/m1/s1. The molecule has 0 radical (unpaired) electrons. The summed E-state index contributed by atoms with van der Waals surface area (Å²) in [5.74, 6) is -4.95. The molecule has 0 rings (SSSR count). The van der Waals surface area contributed by atoms with E-state index in [4.69, 9.17) is 5.11 Å². The van der Waals surface area contributed by atoms with Gasteiger partial charge in [-0.05, 0) is 0 Å². The van der Waals surface area contributed by atoms with Crippen LogP contribution in [0.2, 0.25) is 0 Å². The average molecular weight is 360 g/mol. The summed E-state index contributed by atoms with van der Waals surface area (Å²) in [7, 11) is 0. The maximum absolute atomic E-state index is 11.9. The summed E-state index contributed by atoms with van der Waals surface area (Å²) in [6.45, 7) is 0.788. The quantitative estimate of drug-likeness (QED) is 0.647. The minimum absolute atomic E-state index is 0.0407. The zero-order valence-corrected chi connectivity index (χ0v) is 13.0. The van der Waals surface area contributed by atoms with Crippen LogP contribution in [-0.2, 0) is 28.7 Å². The van der Waals surface area contributed by atoms with Crippen molar-refractivity contribution in [3.8, 4) is 0 Å². The van der Waals surface area contributed by atoms with Crippen molar-refractivity contribution in [2.45, 2.75) is 32.5 Å². The van der Waals surface area contributed by atoms with Crippen molar-refractivity contribution in [1.29, 1.82) is 0 Å². The first kappa shape index (κ1) is 21.2. The van der Waals surface area contributed by atoms with Crippen LogP contribution < -0.4 is 0 Å². The minimum Gasteiger partial charge on any atom is -0.478 e. The van der Waals surface area contributed by atoms with E-state index in [9.17, 15) is 32.3 Å². The van der Waals surface area contributed by atoms with Crippen LogP contribution in [0.3, 0.4) is 0 Å². The van der Waals surface area contributed by atoms with Crippen molar-refractivity contribution in [2.75, 3.05) is 12.4 Å². The smallest absolute Gasteiger partial charge is 0.422 e. The van der Waals surface area contributed by atoms with E-state index in [1.807, 2.05) is 0 Å². The molecule has 0 amide bonds. The molecule has 0 aromatic carbocycles. The fourth-order valence-electron chi connectivity index (χ4n) is 1.12. The van der Waals surface area contributed by atoms with E-state index >= 15 is 0 Å². The van der Waals surface area contributed by atoms with Crippen molar-refractivity contribution >= 4 is 34.8 Å². The first-order chi connectivity index (χ1) is 10.4. The number of thioether (sulfide) groups is 1. The van der Waals surface area contributed by atoms with Gasteiger partial charge in [-0.3, -0.25) is 14.4 Å². The van der Waals surface area contributed by atoms with Gasteiger partial charge in [-0.25, -0.2) is 4.79 Å². The third kappa shape index (κ3) is 10.6. The van der Waals surface area contributed by atoms with Crippen LogP contribution in [0.5, 0.6) is 0 Å². The zero-order valence-electron chi connectivity index (χ0n) is 12.2. The lowest BCUT2D eigenvalue weighted by molar-refractivity contribution is -0.189. The number of hydrogen-bond acceptors (Lipinski definition) is 7. The van der Waals surface area contributed by atoms with Crippen molar-refractivity contribution in [2.24, 2.45) is 5.92 Å². The number of rotatable bonds is 8. The van der Waals surface area contributed by atoms with Gasteiger partial charge in [-0.1, -0.05) is 18.7 Å². The number of hydrogen-bond donors (Lipinski definition) is 1. The summed E-state index contributed by atoms with van der Waals surface area (Å²) >= 11 is 0.824. The van der Waals surface area contributed by atoms with E-state index in [1.165, 1.54) is 13.8 Å². The van der Waals surface area contributed by atoms with Gasteiger partial charge in [0, 0.05) is 12.7 Å². The van der Waals surface area contributed by atoms with Gasteiger partial charge < -0.3 is 14.6 Å². The average Bonchev–Trinajstić information content (AvgIpc) is 2.40. The summed E-state index contributed by atoms with van der Waals surface area (Å²) in [6.07, 6.45) is -7.76. The first-order valence-electron chi connectivity index (χ1n) is 6.21. The SMILES string of the molecule is CC(=O)SC[C@@H](C)C(=O)OC(CC(=O)OCC(F)(F)F)C(=O)O. The molecule has 132 valence electrons. The number of aliphatic carboxylic acids is 1. The highest BCUT2D eigenvalue weighted by Gasteiger charge is 2.32. The van der Waals surface area contributed by atoms with E-state index < -0.39 is 49.1 Å². The maximum atomic E-state index is 11.9. The van der Waals surface area contributed by atoms with E-state index in [-0.39, 0.29) is 10.9 Å². The van der Waals surface area contributed by atoms with Gasteiger partial charge >= 0.3 is 24.1 Å². The molecule has 0 aromatic rings. The number of ether oxygens (including phenoxy) is 2. The maximum Gasteiger partial charge on any atom is 0.422 e. The summed E-state index contributed by atoms with van der Waals surface area (Å²) in [5, 5.41) is 8.58. The van der Waals surface area contributed by atoms with Crippen molar-refractivity contribution in [1.82, 2.24) is 0 Å². The third-order valence-corrected chi connectivity index (χ3v) is 3.29. The van der Waals surface area contributed by atoms with E-state index in [0.717, 1.165) is 11.8 Å². The van der Waals surface area contributed by atoms with Crippen LogP contribution in [0.1, 0.15) is 20.3 Å². The van der Waals surface area contributed by atoms with Crippen LogP contribution in [0.25, 0.3) is 0 Å². The largest absolute Gasteiger partial charge is 0.478 e. The third-order valence-electron chi connectivity index (χ3n) is 2.22. The van der Waals surface area contributed by atoms with E-state index in [1.54, 1.807) is 0 Å². The Morgan fingerprint density at radius 1 is 1.22 bits per heavy atom. The van der Waals surface area contributed by atoms with Gasteiger partial charge in [0.05, 0.1) is 12.3 Å². The normalized spacial score (nSPS) is 13.8. The lowest BCUT2D eigenvalue weighted by atomic mass is 10.2.